The van der Waals surface area contributed by atoms with E-state index in [9.17, 15) is 8.42 Å². The second-order valence-electron chi connectivity index (χ2n) is 2.40. The van der Waals surface area contributed by atoms with Crippen LogP contribution < -0.4 is 29.6 Å². The van der Waals surface area contributed by atoms with Gasteiger partial charge in [-0.15, -0.1) is 0 Å². The Kier molecular flexibility index (Phi) is 6.27. The largest absolute Gasteiger partial charge is 1.00 e. The molecule has 14 heavy (non-hydrogen) atoms. The van der Waals surface area contributed by atoms with Crippen LogP contribution in [-0.2, 0) is 15.8 Å². The second kappa shape index (κ2) is 6.09. The number of sulfonamides is 1. The molecule has 0 unspecified atom stereocenters. The van der Waals surface area contributed by atoms with Gasteiger partial charge in [-0.05, 0) is 17.9 Å². The first-order valence-corrected chi connectivity index (χ1v) is 6.36. The van der Waals surface area contributed by atoms with Crippen molar-refractivity contribution < 1.29 is 38.0 Å². The first kappa shape index (κ1) is 14.4. The first-order valence-electron chi connectivity index (χ1n) is 3.48. The molecule has 1 rings (SSSR count). The van der Waals surface area contributed by atoms with Crippen LogP contribution in [-0.4, -0.2) is 19.7 Å². The molecule has 0 saturated carbocycles. The van der Waals surface area contributed by atoms with E-state index in [0.717, 1.165) is 0 Å². The Morgan fingerprint density at radius 3 is 2.71 bits per heavy atom. The third kappa shape index (κ3) is 3.88. The summed E-state index contributed by atoms with van der Waals surface area (Å²) < 4.78 is 21.8. The first-order chi connectivity index (χ1) is 6.05. The van der Waals surface area contributed by atoms with E-state index in [1.165, 1.54) is 18.0 Å². The van der Waals surface area contributed by atoms with Crippen molar-refractivity contribution >= 4 is 21.8 Å². The fraction of sp³-hybridized carbons (Fsp3) is 0.286. The molecule has 0 amide bonds. The van der Waals surface area contributed by atoms with Crippen molar-refractivity contribution in [3.63, 3.8) is 0 Å². The van der Waals surface area contributed by atoms with E-state index in [1.807, 2.05) is 6.26 Å². The molecule has 0 aliphatic heterocycles. The molecular formula is C7H9N2NaO2S2. The Morgan fingerprint density at radius 1 is 1.57 bits per heavy atom. The quantitative estimate of drug-likeness (QED) is 0.615. The average molecular weight is 240 g/mol. The van der Waals surface area contributed by atoms with Crippen molar-refractivity contribution in [3.05, 3.63) is 29.0 Å². The molecule has 1 N–H and O–H groups in total. The van der Waals surface area contributed by atoms with Crippen LogP contribution in [0.1, 0.15) is 5.56 Å². The van der Waals surface area contributed by atoms with Crippen LogP contribution in [0.25, 0.3) is 5.14 Å². The summed E-state index contributed by atoms with van der Waals surface area (Å²) in [5.74, 6) is 0.557. The molecule has 0 saturated heterocycles. The maximum absolute atomic E-state index is 10.9. The van der Waals surface area contributed by atoms with E-state index in [-0.39, 0.29) is 34.6 Å². The van der Waals surface area contributed by atoms with Crippen molar-refractivity contribution in [3.8, 4) is 0 Å². The van der Waals surface area contributed by atoms with Gasteiger partial charge in [-0.25, -0.2) is 13.4 Å². The van der Waals surface area contributed by atoms with Crippen LogP contribution in [0.4, 0.5) is 0 Å². The number of nitrogens with zero attached hydrogens (tertiary/aromatic N) is 1. The molecule has 0 atom stereocenters. The summed E-state index contributed by atoms with van der Waals surface area (Å²) in [6.45, 7) is 0. The number of hydrogen-bond donors (Lipinski definition) is 0. The fourth-order valence-electron chi connectivity index (χ4n) is 0.931. The van der Waals surface area contributed by atoms with E-state index in [1.54, 1.807) is 12.1 Å². The van der Waals surface area contributed by atoms with Crippen molar-refractivity contribution in [2.24, 2.45) is 0 Å². The minimum absolute atomic E-state index is 0. The van der Waals surface area contributed by atoms with Gasteiger partial charge in [-0.1, -0.05) is 6.07 Å². The number of thioether (sulfide) groups is 1. The third-order valence-corrected chi connectivity index (χ3v) is 2.88. The Morgan fingerprint density at radius 2 is 2.21 bits per heavy atom. The molecule has 1 aromatic rings. The van der Waals surface area contributed by atoms with Gasteiger partial charge in [-0.3, -0.25) is 0 Å². The molecule has 1 heterocycles. The summed E-state index contributed by atoms with van der Waals surface area (Å²) in [5, 5.41) is 6.76. The van der Waals surface area contributed by atoms with E-state index < -0.39 is 10.0 Å². The van der Waals surface area contributed by atoms with Crippen LogP contribution in [0.5, 0.6) is 0 Å². The Labute approximate surface area is 110 Å². The average Bonchev–Trinajstić information content (AvgIpc) is 2.04. The summed E-state index contributed by atoms with van der Waals surface area (Å²) in [7, 11) is -3.93. The van der Waals surface area contributed by atoms with Crippen molar-refractivity contribution in [1.29, 1.82) is 0 Å². The SMILES string of the molecule is CSCc1cccnc1S([NH-])(=O)=O.[Na+]. The van der Waals surface area contributed by atoms with Gasteiger partial charge in [0.1, 0.15) is 15.0 Å². The van der Waals surface area contributed by atoms with Gasteiger partial charge < -0.3 is 5.14 Å². The van der Waals surface area contributed by atoms with Crippen LogP contribution >= 0.6 is 11.8 Å². The molecule has 0 radical (unpaired) electrons. The van der Waals surface area contributed by atoms with E-state index in [4.69, 9.17) is 5.14 Å². The van der Waals surface area contributed by atoms with Gasteiger partial charge in [0.2, 0.25) is 0 Å². The Balaban J connectivity index is 0.00000169. The predicted octanol–water partition coefficient (Wildman–Crippen LogP) is -1.31. The third-order valence-electron chi connectivity index (χ3n) is 1.40. The van der Waals surface area contributed by atoms with Gasteiger partial charge in [-0.2, -0.15) is 11.8 Å². The van der Waals surface area contributed by atoms with Crippen molar-refractivity contribution in [2.75, 3.05) is 6.26 Å². The van der Waals surface area contributed by atoms with Crippen molar-refractivity contribution in [2.45, 2.75) is 10.8 Å². The molecule has 0 aromatic carbocycles. The van der Waals surface area contributed by atoms with E-state index in [2.05, 4.69) is 4.98 Å². The molecule has 0 spiro atoms. The van der Waals surface area contributed by atoms with Gasteiger partial charge in [0.05, 0.1) is 0 Å². The number of rotatable bonds is 3. The summed E-state index contributed by atoms with van der Waals surface area (Å²) >= 11 is 1.50. The second-order valence-corrected chi connectivity index (χ2v) is 4.66. The van der Waals surface area contributed by atoms with Crippen LogP contribution in [0.3, 0.4) is 0 Å². The topological polar surface area (TPSA) is 70.8 Å². The van der Waals surface area contributed by atoms with Gasteiger partial charge in [0.15, 0.2) is 0 Å². The molecule has 7 heteroatoms. The number of pyridine rings is 1. The normalized spacial score (nSPS) is 10.7. The minimum atomic E-state index is -3.93. The maximum atomic E-state index is 10.9. The van der Waals surface area contributed by atoms with Crippen LogP contribution in [0, 0.1) is 0 Å². The summed E-state index contributed by atoms with van der Waals surface area (Å²) in [6.07, 6.45) is 3.25. The van der Waals surface area contributed by atoms with Gasteiger partial charge in [0, 0.05) is 11.9 Å². The maximum Gasteiger partial charge on any atom is 1.00 e. The zero-order valence-electron chi connectivity index (χ0n) is 8.02. The molecule has 1 aromatic heterocycles. The van der Waals surface area contributed by atoms with Gasteiger partial charge in [0.25, 0.3) is 0 Å². The number of nitrogens with one attached hydrogen (secondary N) is 1. The van der Waals surface area contributed by atoms with Crippen LogP contribution in [0.15, 0.2) is 23.4 Å². The Hall–Kier alpha value is 0.410. The molecule has 0 aliphatic carbocycles. The van der Waals surface area contributed by atoms with Crippen LogP contribution in [0.2, 0.25) is 0 Å². The molecular weight excluding hydrogens is 231 g/mol. The summed E-state index contributed by atoms with van der Waals surface area (Å²) in [5.41, 5.74) is 0.588. The zero-order valence-corrected chi connectivity index (χ0v) is 11.7. The van der Waals surface area contributed by atoms with E-state index in [0.29, 0.717) is 11.3 Å². The monoisotopic (exact) mass is 240 g/mol. The molecule has 0 aliphatic rings. The minimum Gasteiger partial charge on any atom is -0.558 e. The fourth-order valence-corrected chi connectivity index (χ4v) is 2.25. The smallest absolute Gasteiger partial charge is 0.558 e. The Bertz CT molecular complexity index is 394. The van der Waals surface area contributed by atoms with Gasteiger partial charge >= 0.3 is 29.6 Å². The zero-order chi connectivity index (χ0) is 9.90. The predicted molar refractivity (Wildman–Crippen MR) is 53.0 cm³/mol. The molecule has 4 nitrogen and oxygen atoms in total. The standard InChI is InChI=1S/C7H9N2O2S2.Na/c1-12-5-6-3-2-4-9-7(6)13(8,10)11;/h2-4H,5H2,1H3,(H-,8,10,11);/q-1;+1. The number of aromatic nitrogens is 1. The number of hydrogen-bond acceptors (Lipinski definition) is 4. The summed E-state index contributed by atoms with van der Waals surface area (Å²) in [6, 6.07) is 3.34. The summed E-state index contributed by atoms with van der Waals surface area (Å²) in [4.78, 5) is 3.68. The molecule has 0 fully saturated rings. The van der Waals surface area contributed by atoms with E-state index >= 15 is 0 Å². The van der Waals surface area contributed by atoms with Crippen molar-refractivity contribution in [1.82, 2.24) is 4.98 Å². The molecule has 72 valence electrons. The molecule has 0 bridgehead atoms.